The van der Waals surface area contributed by atoms with Gasteiger partial charge in [-0.2, -0.15) is 0 Å². The van der Waals surface area contributed by atoms with E-state index in [9.17, 15) is 19.8 Å². The molecule has 0 aromatic rings. The third-order valence-corrected chi connectivity index (χ3v) is 15.1. The smallest absolute Gasteiger partial charge is 0.305 e. The summed E-state index contributed by atoms with van der Waals surface area (Å²) in [4.78, 5) is 24.6. The van der Waals surface area contributed by atoms with Crippen molar-refractivity contribution in [3.63, 3.8) is 0 Å². The van der Waals surface area contributed by atoms with Crippen molar-refractivity contribution in [3.05, 3.63) is 48.6 Å². The van der Waals surface area contributed by atoms with Crippen LogP contribution in [0.15, 0.2) is 48.6 Å². The summed E-state index contributed by atoms with van der Waals surface area (Å²) in [7, 11) is 0. The van der Waals surface area contributed by atoms with Crippen LogP contribution in [0.4, 0.5) is 0 Å². The minimum absolute atomic E-state index is 0.0107. The van der Waals surface area contributed by atoms with E-state index in [0.717, 1.165) is 64.2 Å². The number of rotatable bonds is 61. The molecule has 434 valence electrons. The van der Waals surface area contributed by atoms with Crippen LogP contribution in [0.3, 0.4) is 0 Å². The van der Waals surface area contributed by atoms with Crippen LogP contribution in [0.25, 0.3) is 0 Å². The van der Waals surface area contributed by atoms with Crippen molar-refractivity contribution in [3.8, 4) is 0 Å². The van der Waals surface area contributed by atoms with Gasteiger partial charge in [-0.1, -0.05) is 294 Å². The quantitative estimate of drug-likeness (QED) is 0.0320. The highest BCUT2D eigenvalue weighted by Gasteiger charge is 2.18. The van der Waals surface area contributed by atoms with Crippen molar-refractivity contribution in [2.75, 3.05) is 13.2 Å². The molecule has 0 spiro atoms. The van der Waals surface area contributed by atoms with Gasteiger partial charge in [-0.05, 0) is 89.9 Å². The van der Waals surface area contributed by atoms with E-state index in [1.165, 1.54) is 257 Å². The molecular formula is C68H127NO5. The Labute approximate surface area is 461 Å². The predicted octanol–water partition coefficient (Wildman–Crippen LogP) is 20.9. The van der Waals surface area contributed by atoms with Crippen LogP contribution < -0.4 is 5.32 Å². The number of aliphatic hydroxyl groups is 2. The molecule has 0 aliphatic heterocycles. The topological polar surface area (TPSA) is 95.9 Å². The lowest BCUT2D eigenvalue weighted by Gasteiger charge is -2.20. The van der Waals surface area contributed by atoms with Crippen molar-refractivity contribution < 1.29 is 24.5 Å². The molecule has 6 nitrogen and oxygen atoms in total. The highest BCUT2D eigenvalue weighted by atomic mass is 16.5. The van der Waals surface area contributed by atoms with E-state index in [0.29, 0.717) is 19.4 Å². The molecule has 0 heterocycles. The van der Waals surface area contributed by atoms with Gasteiger partial charge in [-0.3, -0.25) is 9.59 Å². The predicted molar refractivity (Wildman–Crippen MR) is 324 cm³/mol. The molecule has 0 saturated carbocycles. The summed E-state index contributed by atoms with van der Waals surface area (Å²) in [5.41, 5.74) is 0. The molecule has 0 bridgehead atoms. The van der Waals surface area contributed by atoms with E-state index in [4.69, 9.17) is 4.74 Å². The van der Waals surface area contributed by atoms with Crippen LogP contribution >= 0.6 is 0 Å². The Balaban J connectivity index is 3.48. The van der Waals surface area contributed by atoms with Crippen molar-refractivity contribution in [2.24, 2.45) is 0 Å². The largest absolute Gasteiger partial charge is 0.466 e. The molecule has 0 aliphatic rings. The Bertz CT molecular complexity index is 1240. The summed E-state index contributed by atoms with van der Waals surface area (Å²) in [5.74, 6) is -0.0861. The van der Waals surface area contributed by atoms with Crippen molar-refractivity contribution in [1.82, 2.24) is 5.32 Å². The maximum Gasteiger partial charge on any atom is 0.305 e. The van der Waals surface area contributed by atoms with Gasteiger partial charge in [0.1, 0.15) is 0 Å². The summed E-state index contributed by atoms with van der Waals surface area (Å²) in [6, 6.07) is -0.638. The summed E-state index contributed by atoms with van der Waals surface area (Å²) >= 11 is 0. The maximum atomic E-state index is 12.5. The lowest BCUT2D eigenvalue weighted by molar-refractivity contribution is -0.143. The summed E-state index contributed by atoms with van der Waals surface area (Å²) < 4.78 is 5.47. The second kappa shape index (κ2) is 63.4. The summed E-state index contributed by atoms with van der Waals surface area (Å²) in [6.07, 6.45) is 81.6. The number of esters is 1. The SMILES string of the molecule is CCCCC/C=C\C/C=C\CCCCCCCC(=O)OCCCCCCCCCC/C=C\CCCCCCCCCC(=O)NC(CO)C(O)/C=C/CCCCCCCCCCCCCCCCCCCCCCC. The Morgan fingerprint density at radius 2 is 0.676 bits per heavy atom. The van der Waals surface area contributed by atoms with Gasteiger partial charge in [0, 0.05) is 12.8 Å². The molecule has 6 heteroatoms. The summed E-state index contributed by atoms with van der Waals surface area (Å²) in [5, 5.41) is 23.2. The number of ether oxygens (including phenoxy) is 1. The number of hydrogen-bond acceptors (Lipinski definition) is 5. The molecule has 2 unspecified atom stereocenters. The molecule has 3 N–H and O–H groups in total. The Morgan fingerprint density at radius 1 is 0.378 bits per heavy atom. The van der Waals surface area contributed by atoms with Crippen LogP contribution in [-0.2, 0) is 14.3 Å². The maximum absolute atomic E-state index is 12.5. The van der Waals surface area contributed by atoms with Crippen molar-refractivity contribution >= 4 is 11.9 Å². The number of carbonyl (C=O) groups is 2. The summed E-state index contributed by atoms with van der Waals surface area (Å²) in [6.45, 7) is 4.88. The van der Waals surface area contributed by atoms with Crippen LogP contribution in [0.2, 0.25) is 0 Å². The fraction of sp³-hybridized carbons (Fsp3) is 0.853. The van der Waals surface area contributed by atoms with Crippen molar-refractivity contribution in [1.29, 1.82) is 0 Å². The molecule has 0 fully saturated rings. The Hall–Kier alpha value is -2.18. The molecule has 0 aromatic carbocycles. The molecule has 0 rings (SSSR count). The number of hydrogen-bond donors (Lipinski definition) is 3. The van der Waals surface area contributed by atoms with Gasteiger partial charge in [-0.25, -0.2) is 0 Å². The second-order valence-electron chi connectivity index (χ2n) is 22.4. The average Bonchev–Trinajstić information content (AvgIpc) is 3.40. The highest BCUT2D eigenvalue weighted by Crippen LogP contribution is 2.17. The molecule has 0 aliphatic carbocycles. The van der Waals surface area contributed by atoms with Gasteiger partial charge in [0.2, 0.25) is 5.91 Å². The van der Waals surface area contributed by atoms with E-state index in [1.807, 2.05) is 6.08 Å². The highest BCUT2D eigenvalue weighted by molar-refractivity contribution is 5.76. The molecule has 74 heavy (non-hydrogen) atoms. The minimum atomic E-state index is -0.853. The molecule has 2 atom stereocenters. The van der Waals surface area contributed by atoms with E-state index in [1.54, 1.807) is 6.08 Å². The first-order valence-electron chi connectivity index (χ1n) is 32.9. The fourth-order valence-electron chi connectivity index (χ4n) is 10.0. The zero-order chi connectivity index (χ0) is 53.6. The van der Waals surface area contributed by atoms with Crippen LogP contribution in [0.5, 0.6) is 0 Å². The Morgan fingerprint density at radius 3 is 1.07 bits per heavy atom. The molecule has 0 aromatic heterocycles. The average molecular weight is 1040 g/mol. The van der Waals surface area contributed by atoms with E-state index in [2.05, 4.69) is 55.6 Å². The Kier molecular flexibility index (Phi) is 61.5. The lowest BCUT2D eigenvalue weighted by Crippen LogP contribution is -2.45. The second-order valence-corrected chi connectivity index (χ2v) is 22.4. The minimum Gasteiger partial charge on any atom is -0.466 e. The van der Waals surface area contributed by atoms with Crippen LogP contribution in [0.1, 0.15) is 348 Å². The van der Waals surface area contributed by atoms with Crippen molar-refractivity contribution in [2.45, 2.75) is 360 Å². The third kappa shape index (κ3) is 59.1. The molecule has 0 radical (unpaired) electrons. The fourth-order valence-corrected chi connectivity index (χ4v) is 10.0. The van der Waals surface area contributed by atoms with Gasteiger partial charge in [-0.15, -0.1) is 0 Å². The molecular weight excluding hydrogens is 911 g/mol. The number of carbonyl (C=O) groups excluding carboxylic acids is 2. The zero-order valence-electron chi connectivity index (χ0n) is 49.6. The van der Waals surface area contributed by atoms with E-state index >= 15 is 0 Å². The first kappa shape index (κ1) is 71.8. The van der Waals surface area contributed by atoms with Gasteiger partial charge in [0.05, 0.1) is 25.4 Å². The monoisotopic (exact) mass is 1040 g/mol. The zero-order valence-corrected chi connectivity index (χ0v) is 49.6. The lowest BCUT2D eigenvalue weighted by atomic mass is 10.0. The first-order chi connectivity index (χ1) is 36.5. The standard InChI is InChI=1S/C68H127NO5/c1-3-5-7-9-11-13-15-17-19-20-21-22-23-24-26-29-33-36-40-44-48-52-56-60-66(71)65(64-70)69-67(72)61-57-53-49-45-41-37-34-30-27-25-28-31-35-39-43-47-51-55-59-63-74-68(73)62-58-54-50-46-42-38-32-18-16-14-12-10-8-6-4-2/h12,14,18,25,27,32,56,60,65-66,70-71H,3-11,13,15-17,19-24,26,28-31,33-55,57-59,61-64H2,1-2H3,(H,69,72)/b14-12-,27-25-,32-18-,60-56+. The van der Waals surface area contributed by atoms with Gasteiger partial charge < -0.3 is 20.3 Å². The molecule has 1 amide bonds. The normalized spacial score (nSPS) is 12.9. The first-order valence-corrected chi connectivity index (χ1v) is 32.9. The number of nitrogens with one attached hydrogen (secondary N) is 1. The van der Waals surface area contributed by atoms with Crippen LogP contribution in [0, 0.1) is 0 Å². The third-order valence-electron chi connectivity index (χ3n) is 15.1. The van der Waals surface area contributed by atoms with E-state index < -0.39 is 12.1 Å². The van der Waals surface area contributed by atoms with Crippen LogP contribution in [-0.4, -0.2) is 47.4 Å². The van der Waals surface area contributed by atoms with E-state index in [-0.39, 0.29) is 18.5 Å². The molecule has 0 saturated heterocycles. The van der Waals surface area contributed by atoms with Gasteiger partial charge >= 0.3 is 5.97 Å². The van der Waals surface area contributed by atoms with Gasteiger partial charge in [0.25, 0.3) is 0 Å². The number of amides is 1. The number of unbranched alkanes of at least 4 members (excludes halogenated alkanes) is 44. The van der Waals surface area contributed by atoms with Gasteiger partial charge in [0.15, 0.2) is 0 Å². The number of aliphatic hydroxyl groups excluding tert-OH is 2. The number of allylic oxidation sites excluding steroid dienone is 7.